The Labute approximate surface area is 141 Å². The monoisotopic (exact) mass is 332 g/mol. The van der Waals surface area contributed by atoms with Gasteiger partial charge >= 0.3 is 0 Å². The summed E-state index contributed by atoms with van der Waals surface area (Å²) in [6.45, 7) is 5.05. The van der Waals surface area contributed by atoms with Gasteiger partial charge in [0.1, 0.15) is 0 Å². The van der Waals surface area contributed by atoms with Crippen molar-refractivity contribution < 1.29 is 9.59 Å². The Bertz CT molecular complexity index is 627. The van der Waals surface area contributed by atoms with E-state index >= 15 is 0 Å². The molecule has 1 aromatic rings. The fourth-order valence-electron chi connectivity index (χ4n) is 3.75. The van der Waals surface area contributed by atoms with Crippen LogP contribution in [0.1, 0.15) is 47.0 Å². The Morgan fingerprint density at radius 1 is 1.09 bits per heavy atom. The molecule has 1 aliphatic heterocycles. The molecule has 2 aliphatic carbocycles. The summed E-state index contributed by atoms with van der Waals surface area (Å²) in [6.07, 6.45) is 5.46. The maximum atomic E-state index is 12.9. The van der Waals surface area contributed by atoms with Gasteiger partial charge in [0.2, 0.25) is 5.91 Å². The predicted octanol–water partition coefficient (Wildman–Crippen LogP) is 2.57. The van der Waals surface area contributed by atoms with E-state index in [1.165, 1.54) is 16.9 Å². The van der Waals surface area contributed by atoms with E-state index in [9.17, 15) is 9.59 Å². The number of piperazine rings is 1. The Kier molecular flexibility index (Phi) is 3.92. The smallest absolute Gasteiger partial charge is 0.255 e. The average molecular weight is 332 g/mol. The second-order valence-electron chi connectivity index (χ2n) is 7.29. The first-order chi connectivity index (χ1) is 11.1. The van der Waals surface area contributed by atoms with E-state index in [1.807, 2.05) is 9.80 Å². The molecule has 23 heavy (non-hydrogen) atoms. The van der Waals surface area contributed by atoms with Gasteiger partial charge in [-0.15, -0.1) is 11.3 Å². The van der Waals surface area contributed by atoms with Crippen molar-refractivity contribution in [1.82, 2.24) is 9.80 Å². The zero-order chi connectivity index (χ0) is 16.0. The molecule has 1 saturated heterocycles. The van der Waals surface area contributed by atoms with Gasteiger partial charge in [-0.25, -0.2) is 0 Å². The number of hydrogen-bond donors (Lipinski definition) is 0. The lowest BCUT2D eigenvalue weighted by atomic mass is 9.88. The molecular weight excluding hydrogens is 308 g/mol. The minimum atomic E-state index is 0.176. The highest BCUT2D eigenvalue weighted by Crippen LogP contribution is 2.34. The normalized spacial score (nSPS) is 24.5. The van der Waals surface area contributed by atoms with E-state index in [4.69, 9.17) is 0 Å². The van der Waals surface area contributed by atoms with E-state index in [0.717, 1.165) is 37.2 Å². The van der Waals surface area contributed by atoms with Crippen LogP contribution in [0.15, 0.2) is 5.38 Å². The largest absolute Gasteiger partial charge is 0.339 e. The van der Waals surface area contributed by atoms with Gasteiger partial charge in [0.25, 0.3) is 5.91 Å². The van der Waals surface area contributed by atoms with Crippen LogP contribution in [0.25, 0.3) is 0 Å². The van der Waals surface area contributed by atoms with Crippen molar-refractivity contribution >= 4 is 23.2 Å². The first-order valence-electron chi connectivity index (χ1n) is 8.80. The number of amides is 2. The summed E-state index contributed by atoms with van der Waals surface area (Å²) in [7, 11) is 0. The topological polar surface area (TPSA) is 40.6 Å². The fourth-order valence-corrected chi connectivity index (χ4v) is 4.98. The molecule has 5 heteroatoms. The third kappa shape index (κ3) is 2.91. The van der Waals surface area contributed by atoms with E-state index < -0.39 is 0 Å². The van der Waals surface area contributed by atoms with Crippen LogP contribution in [0.2, 0.25) is 0 Å². The van der Waals surface area contributed by atoms with Crippen LogP contribution in [0.4, 0.5) is 0 Å². The maximum absolute atomic E-state index is 12.9. The van der Waals surface area contributed by atoms with Crippen molar-refractivity contribution in [2.75, 3.05) is 26.2 Å². The molecule has 2 heterocycles. The number of carbonyl (C=O) groups is 2. The number of thiophene rings is 1. The Balaban J connectivity index is 1.41. The fraction of sp³-hybridized carbons (Fsp3) is 0.667. The van der Waals surface area contributed by atoms with Crippen molar-refractivity contribution in [3.8, 4) is 0 Å². The highest BCUT2D eigenvalue weighted by molar-refractivity contribution is 7.10. The lowest BCUT2D eigenvalue weighted by molar-refractivity contribution is -0.134. The van der Waals surface area contributed by atoms with Crippen molar-refractivity contribution in [3.63, 3.8) is 0 Å². The number of nitrogens with zero attached hydrogens (tertiary/aromatic N) is 2. The number of carbonyl (C=O) groups excluding carboxylic acids is 2. The van der Waals surface area contributed by atoms with Gasteiger partial charge in [0.05, 0.1) is 5.56 Å². The molecule has 1 unspecified atom stereocenters. The summed E-state index contributed by atoms with van der Waals surface area (Å²) in [5, 5.41) is 2.06. The van der Waals surface area contributed by atoms with Gasteiger partial charge in [-0.2, -0.15) is 0 Å². The van der Waals surface area contributed by atoms with Gasteiger partial charge in [0, 0.05) is 42.4 Å². The highest BCUT2D eigenvalue weighted by atomic mass is 32.1. The lowest BCUT2D eigenvalue weighted by Crippen LogP contribution is -2.51. The molecule has 0 aromatic carbocycles. The second kappa shape index (κ2) is 5.93. The van der Waals surface area contributed by atoms with Crippen LogP contribution in [-0.2, 0) is 17.6 Å². The van der Waals surface area contributed by atoms with E-state index in [1.54, 1.807) is 11.3 Å². The first-order valence-corrected chi connectivity index (χ1v) is 9.68. The molecule has 3 aliphatic rings. The summed E-state index contributed by atoms with van der Waals surface area (Å²) in [6, 6.07) is 0. The molecule has 1 atom stereocenters. The Morgan fingerprint density at radius 2 is 1.78 bits per heavy atom. The first kappa shape index (κ1) is 15.2. The summed E-state index contributed by atoms with van der Waals surface area (Å²) in [5.41, 5.74) is 2.23. The molecule has 0 spiro atoms. The van der Waals surface area contributed by atoms with E-state index in [2.05, 4.69) is 12.3 Å². The molecule has 2 fully saturated rings. The standard InChI is InChI=1S/C18H24N2O2S/c1-12-2-5-14-15(11-23-16(14)10-12)18(22)20-8-6-19(7-9-20)17(21)13-3-4-13/h11-13H,2-10H2,1H3. The van der Waals surface area contributed by atoms with Crippen molar-refractivity contribution in [1.29, 1.82) is 0 Å². The SMILES string of the molecule is CC1CCc2c(C(=O)N3CCN(C(=O)C4CC4)CC3)csc2C1. The van der Waals surface area contributed by atoms with Crippen LogP contribution < -0.4 is 0 Å². The van der Waals surface area contributed by atoms with Crippen molar-refractivity contribution in [2.24, 2.45) is 11.8 Å². The minimum Gasteiger partial charge on any atom is -0.339 e. The van der Waals surface area contributed by atoms with Gasteiger partial charge in [-0.3, -0.25) is 9.59 Å². The minimum absolute atomic E-state index is 0.176. The lowest BCUT2D eigenvalue weighted by Gasteiger charge is -2.35. The van der Waals surface area contributed by atoms with Gasteiger partial charge in [-0.05, 0) is 43.6 Å². The molecule has 1 saturated carbocycles. The number of rotatable bonds is 2. The Morgan fingerprint density at radius 3 is 2.48 bits per heavy atom. The Hall–Kier alpha value is -1.36. The summed E-state index contributed by atoms with van der Waals surface area (Å²) in [5.74, 6) is 1.50. The molecule has 4 nitrogen and oxygen atoms in total. The molecule has 0 bridgehead atoms. The molecule has 0 radical (unpaired) electrons. The quantitative estimate of drug-likeness (QED) is 0.835. The molecule has 4 rings (SSSR count). The van der Waals surface area contributed by atoms with Crippen LogP contribution in [0, 0.1) is 11.8 Å². The zero-order valence-corrected chi connectivity index (χ0v) is 14.5. The summed E-state index contributed by atoms with van der Waals surface area (Å²) in [4.78, 5) is 30.3. The van der Waals surface area contributed by atoms with Crippen molar-refractivity contribution in [2.45, 2.75) is 39.0 Å². The van der Waals surface area contributed by atoms with Crippen LogP contribution in [0.3, 0.4) is 0 Å². The molecule has 124 valence electrons. The third-order valence-electron chi connectivity index (χ3n) is 5.44. The number of hydrogen-bond acceptors (Lipinski definition) is 3. The predicted molar refractivity (Wildman–Crippen MR) is 90.7 cm³/mol. The van der Waals surface area contributed by atoms with Crippen LogP contribution >= 0.6 is 11.3 Å². The summed E-state index contributed by atoms with van der Waals surface area (Å²) < 4.78 is 0. The van der Waals surface area contributed by atoms with Crippen LogP contribution in [0.5, 0.6) is 0 Å². The van der Waals surface area contributed by atoms with E-state index in [-0.39, 0.29) is 11.8 Å². The van der Waals surface area contributed by atoms with E-state index in [0.29, 0.717) is 32.1 Å². The number of fused-ring (bicyclic) bond motifs is 1. The van der Waals surface area contributed by atoms with Gasteiger partial charge in [0.15, 0.2) is 0 Å². The molecule has 0 N–H and O–H groups in total. The van der Waals surface area contributed by atoms with Crippen LogP contribution in [-0.4, -0.2) is 47.8 Å². The zero-order valence-electron chi connectivity index (χ0n) is 13.7. The highest BCUT2D eigenvalue weighted by Gasteiger charge is 2.35. The molecule has 1 aromatic heterocycles. The molecular formula is C18H24N2O2S. The maximum Gasteiger partial charge on any atom is 0.255 e. The summed E-state index contributed by atoms with van der Waals surface area (Å²) >= 11 is 1.75. The van der Waals surface area contributed by atoms with Crippen molar-refractivity contribution in [3.05, 3.63) is 21.4 Å². The van der Waals surface area contributed by atoms with Gasteiger partial charge in [-0.1, -0.05) is 6.92 Å². The average Bonchev–Trinajstić information content (AvgIpc) is 3.34. The third-order valence-corrected chi connectivity index (χ3v) is 6.49. The van der Waals surface area contributed by atoms with Gasteiger partial charge < -0.3 is 9.80 Å². The molecule has 2 amide bonds. The second-order valence-corrected chi connectivity index (χ2v) is 8.26.